The monoisotopic (exact) mass is 526 g/mol. The summed E-state index contributed by atoms with van der Waals surface area (Å²) >= 11 is 0. The maximum Gasteiger partial charge on any atom is 0.253 e. The molecule has 0 unspecified atom stereocenters. The summed E-state index contributed by atoms with van der Waals surface area (Å²) in [6, 6.07) is 9.73. The van der Waals surface area contributed by atoms with Gasteiger partial charge < -0.3 is 19.6 Å². The Balaban J connectivity index is 0.00000320. The molecule has 1 aliphatic rings. The topological polar surface area (TPSA) is 77.2 Å². The fourth-order valence-corrected chi connectivity index (χ4v) is 3.43. The normalized spacial score (nSPS) is 14.9. The van der Waals surface area contributed by atoms with Crippen molar-refractivity contribution in [2.45, 2.75) is 13.0 Å². The van der Waals surface area contributed by atoms with Crippen LogP contribution < -0.4 is 5.32 Å². The molecule has 8 nitrogen and oxygen atoms in total. The predicted octanol–water partition coefficient (Wildman–Crippen LogP) is 1.93. The predicted molar refractivity (Wildman–Crippen MR) is 128 cm³/mol. The molecule has 0 atom stereocenters. The van der Waals surface area contributed by atoms with E-state index in [-0.39, 0.29) is 29.9 Å². The lowest BCUT2D eigenvalue weighted by Gasteiger charge is -2.36. The Morgan fingerprint density at radius 2 is 2.00 bits per heavy atom. The third kappa shape index (κ3) is 6.69. The van der Waals surface area contributed by atoms with E-state index in [1.54, 1.807) is 25.3 Å². The van der Waals surface area contributed by atoms with Gasteiger partial charge in [-0.1, -0.05) is 17.3 Å². The van der Waals surface area contributed by atoms with Crippen molar-refractivity contribution >= 4 is 35.8 Å². The molecule has 0 aliphatic carbocycles. The molecule has 0 saturated carbocycles. The molecule has 30 heavy (non-hydrogen) atoms. The van der Waals surface area contributed by atoms with Gasteiger partial charge in [-0.05, 0) is 24.1 Å². The number of amides is 1. The lowest BCUT2D eigenvalue weighted by atomic mass is 10.1. The fourth-order valence-electron chi connectivity index (χ4n) is 3.43. The first kappa shape index (κ1) is 24.1. The summed E-state index contributed by atoms with van der Waals surface area (Å²) in [5.74, 6) is 0.950. The van der Waals surface area contributed by atoms with E-state index in [4.69, 9.17) is 4.52 Å². The average molecular weight is 526 g/mol. The number of carbonyl (C=O) groups excluding carboxylic acids is 1. The van der Waals surface area contributed by atoms with E-state index >= 15 is 0 Å². The molecule has 1 aromatic heterocycles. The number of nitrogens with zero attached hydrogens (tertiary/aromatic N) is 5. The van der Waals surface area contributed by atoms with Gasteiger partial charge in [0, 0.05) is 72.0 Å². The minimum absolute atomic E-state index is 0. The third-order valence-electron chi connectivity index (χ3n) is 5.04. The van der Waals surface area contributed by atoms with Crippen LogP contribution >= 0.6 is 24.0 Å². The molecule has 0 radical (unpaired) electrons. The van der Waals surface area contributed by atoms with Crippen LogP contribution in [0.3, 0.4) is 0 Å². The van der Waals surface area contributed by atoms with Gasteiger partial charge in [0.25, 0.3) is 5.91 Å². The standard InChI is InChI=1S/C21H30N6O2.HI/c1-22-21(27-12-10-26(11-13-27)16-19-8-14-29-24-19)23-9-7-17-5-4-6-18(15-17)20(28)25(2)3;/h4-6,8,14-15H,7,9-13,16H2,1-3H3,(H,22,23);1H. The molecule has 1 fully saturated rings. The van der Waals surface area contributed by atoms with Crippen molar-refractivity contribution in [3.63, 3.8) is 0 Å². The molecule has 0 bridgehead atoms. The first-order chi connectivity index (χ1) is 14.1. The molecule has 1 aliphatic heterocycles. The van der Waals surface area contributed by atoms with Crippen LogP contribution in [-0.2, 0) is 13.0 Å². The largest absolute Gasteiger partial charge is 0.364 e. The molecule has 9 heteroatoms. The van der Waals surface area contributed by atoms with Crippen molar-refractivity contribution in [3.05, 3.63) is 53.4 Å². The first-order valence-electron chi connectivity index (χ1n) is 9.94. The molecular formula is C21H31IN6O2. The summed E-state index contributed by atoms with van der Waals surface area (Å²) in [6.45, 7) is 5.35. The van der Waals surface area contributed by atoms with Crippen molar-refractivity contribution in [1.82, 2.24) is 25.2 Å². The number of aromatic nitrogens is 1. The van der Waals surface area contributed by atoms with Crippen LogP contribution in [-0.4, -0.2) is 85.6 Å². The quantitative estimate of drug-likeness (QED) is 0.352. The highest BCUT2D eigenvalue weighted by atomic mass is 127. The Labute approximate surface area is 195 Å². The summed E-state index contributed by atoms with van der Waals surface area (Å²) in [7, 11) is 5.36. The van der Waals surface area contributed by atoms with Crippen molar-refractivity contribution < 1.29 is 9.32 Å². The van der Waals surface area contributed by atoms with Gasteiger partial charge >= 0.3 is 0 Å². The fraction of sp³-hybridized carbons (Fsp3) is 0.476. The van der Waals surface area contributed by atoms with Gasteiger partial charge in [-0.2, -0.15) is 0 Å². The third-order valence-corrected chi connectivity index (χ3v) is 5.04. The van der Waals surface area contributed by atoms with Crippen LogP contribution in [0.25, 0.3) is 0 Å². The van der Waals surface area contributed by atoms with Gasteiger partial charge in [0.05, 0.1) is 5.69 Å². The lowest BCUT2D eigenvalue weighted by Crippen LogP contribution is -2.52. The van der Waals surface area contributed by atoms with Gasteiger partial charge in [-0.15, -0.1) is 24.0 Å². The summed E-state index contributed by atoms with van der Waals surface area (Å²) in [6.07, 6.45) is 2.45. The van der Waals surface area contributed by atoms with Gasteiger partial charge in [0.2, 0.25) is 0 Å². The van der Waals surface area contributed by atoms with Crippen LogP contribution in [0.1, 0.15) is 21.6 Å². The van der Waals surface area contributed by atoms with Crippen molar-refractivity contribution in [2.24, 2.45) is 4.99 Å². The zero-order chi connectivity index (χ0) is 20.6. The van der Waals surface area contributed by atoms with E-state index in [2.05, 4.69) is 31.3 Å². The molecule has 1 aromatic carbocycles. The van der Waals surface area contributed by atoms with Crippen molar-refractivity contribution in [3.8, 4) is 0 Å². The summed E-state index contributed by atoms with van der Waals surface area (Å²) in [5.41, 5.74) is 2.83. The number of hydrogen-bond donors (Lipinski definition) is 1. The van der Waals surface area contributed by atoms with Crippen molar-refractivity contribution in [2.75, 3.05) is 53.9 Å². The maximum atomic E-state index is 12.1. The highest BCUT2D eigenvalue weighted by Gasteiger charge is 2.20. The van der Waals surface area contributed by atoms with E-state index in [0.29, 0.717) is 0 Å². The van der Waals surface area contributed by atoms with Crippen LogP contribution in [0.4, 0.5) is 0 Å². The highest BCUT2D eigenvalue weighted by molar-refractivity contribution is 14.0. The summed E-state index contributed by atoms with van der Waals surface area (Å²) in [5, 5.41) is 7.44. The Hall–Kier alpha value is -2.14. The number of carbonyl (C=O) groups is 1. The van der Waals surface area contributed by atoms with E-state index in [1.807, 2.05) is 31.3 Å². The van der Waals surface area contributed by atoms with Gasteiger partial charge in [-0.3, -0.25) is 14.7 Å². The molecule has 164 valence electrons. The molecule has 1 N–H and O–H groups in total. The van der Waals surface area contributed by atoms with Gasteiger partial charge in [0.1, 0.15) is 6.26 Å². The Kier molecular flexibility index (Phi) is 9.57. The van der Waals surface area contributed by atoms with Gasteiger partial charge in [0.15, 0.2) is 5.96 Å². The second-order valence-corrected chi connectivity index (χ2v) is 7.38. The van der Waals surface area contributed by atoms with Crippen LogP contribution in [0, 0.1) is 0 Å². The summed E-state index contributed by atoms with van der Waals surface area (Å²) < 4.78 is 4.91. The van der Waals surface area contributed by atoms with E-state index in [1.165, 1.54) is 0 Å². The molecule has 0 spiro atoms. The molecule has 3 rings (SSSR count). The number of benzene rings is 1. The number of hydrogen-bond acceptors (Lipinski definition) is 5. The Morgan fingerprint density at radius 3 is 2.63 bits per heavy atom. The number of halogens is 1. The zero-order valence-corrected chi connectivity index (χ0v) is 20.2. The number of aliphatic imine (C=N–C) groups is 1. The number of nitrogens with one attached hydrogen (secondary N) is 1. The molecule has 1 saturated heterocycles. The number of piperazine rings is 1. The summed E-state index contributed by atoms with van der Waals surface area (Å²) in [4.78, 5) is 22.8. The highest BCUT2D eigenvalue weighted by Crippen LogP contribution is 2.09. The minimum atomic E-state index is 0. The van der Waals surface area contributed by atoms with E-state index in [9.17, 15) is 4.79 Å². The zero-order valence-electron chi connectivity index (χ0n) is 17.9. The van der Waals surface area contributed by atoms with E-state index < -0.39 is 0 Å². The SMILES string of the molecule is CN=C(NCCc1cccc(C(=O)N(C)C)c1)N1CCN(Cc2ccon2)CC1.I. The molecular weight excluding hydrogens is 495 g/mol. The van der Waals surface area contributed by atoms with Crippen LogP contribution in [0.2, 0.25) is 0 Å². The van der Waals surface area contributed by atoms with Crippen molar-refractivity contribution in [1.29, 1.82) is 0 Å². The van der Waals surface area contributed by atoms with Gasteiger partial charge in [-0.25, -0.2) is 0 Å². The molecule has 2 aromatic rings. The smallest absolute Gasteiger partial charge is 0.253 e. The number of rotatable bonds is 6. The Morgan fingerprint density at radius 1 is 1.23 bits per heavy atom. The average Bonchev–Trinajstić information content (AvgIpc) is 3.24. The van der Waals surface area contributed by atoms with Crippen LogP contribution in [0.15, 0.2) is 46.1 Å². The first-order valence-corrected chi connectivity index (χ1v) is 9.94. The minimum Gasteiger partial charge on any atom is -0.364 e. The second-order valence-electron chi connectivity index (χ2n) is 7.38. The molecule has 2 heterocycles. The van der Waals surface area contributed by atoms with E-state index in [0.717, 1.165) is 68.5 Å². The Bertz CT molecular complexity index is 817. The van der Waals surface area contributed by atoms with Crippen LogP contribution in [0.5, 0.6) is 0 Å². The second kappa shape index (κ2) is 11.9. The number of guanidine groups is 1. The maximum absolute atomic E-state index is 12.1. The lowest BCUT2D eigenvalue weighted by molar-refractivity contribution is 0.0827. The molecule has 1 amide bonds.